The van der Waals surface area contributed by atoms with Crippen molar-refractivity contribution in [2.45, 2.75) is 38.8 Å². The Labute approximate surface area is 128 Å². The van der Waals surface area contributed by atoms with Crippen LogP contribution in [0, 0.1) is 24.2 Å². The summed E-state index contributed by atoms with van der Waals surface area (Å²) in [5, 5.41) is 8.96. The van der Waals surface area contributed by atoms with Gasteiger partial charge in [0, 0.05) is 19.1 Å². The van der Waals surface area contributed by atoms with E-state index >= 15 is 0 Å². The Bertz CT molecular complexity index is 546. The van der Waals surface area contributed by atoms with Gasteiger partial charge < -0.3 is 4.90 Å². The molecule has 0 aromatic heterocycles. The summed E-state index contributed by atoms with van der Waals surface area (Å²) in [7, 11) is 2.29. The fourth-order valence-corrected chi connectivity index (χ4v) is 4.06. The number of aryl methyl sites for hydroxylation is 1. The lowest BCUT2D eigenvalue weighted by Crippen LogP contribution is -2.52. The maximum Gasteiger partial charge on any atom is 0.0991 e. The third kappa shape index (κ3) is 3.12. The number of likely N-dealkylation sites (tertiary alicyclic amines) is 2. The van der Waals surface area contributed by atoms with Crippen molar-refractivity contribution in [3.05, 3.63) is 34.9 Å². The molecule has 3 rings (SSSR count). The van der Waals surface area contributed by atoms with Gasteiger partial charge in [0.25, 0.3) is 0 Å². The van der Waals surface area contributed by atoms with E-state index in [0.717, 1.165) is 24.1 Å². The molecule has 0 radical (unpaired) electrons. The van der Waals surface area contributed by atoms with Crippen LogP contribution in [-0.2, 0) is 6.54 Å². The predicted octanol–water partition coefficient (Wildman–Crippen LogP) is 2.78. The maximum atomic E-state index is 8.96. The second-order valence-electron chi connectivity index (χ2n) is 6.73. The quantitative estimate of drug-likeness (QED) is 0.836. The molecule has 1 aromatic rings. The molecule has 0 bridgehead atoms. The lowest BCUT2D eigenvalue weighted by molar-refractivity contribution is 0.0354. The molecule has 2 saturated heterocycles. The number of rotatable bonds is 2. The van der Waals surface area contributed by atoms with E-state index in [-0.39, 0.29) is 0 Å². The van der Waals surface area contributed by atoms with Crippen molar-refractivity contribution in [2.75, 3.05) is 26.7 Å². The molecule has 2 fully saturated rings. The molecule has 0 spiro atoms. The molecular formula is C18H25N3. The molecule has 0 saturated carbocycles. The summed E-state index contributed by atoms with van der Waals surface area (Å²) in [5.74, 6) is 0.844. The molecule has 3 nitrogen and oxygen atoms in total. The minimum absolute atomic E-state index is 0.767. The number of fused-ring (bicyclic) bond motifs is 1. The van der Waals surface area contributed by atoms with Gasteiger partial charge in [0.1, 0.15) is 0 Å². The fraction of sp³-hybridized carbons (Fsp3) is 0.611. The van der Waals surface area contributed by atoms with E-state index in [9.17, 15) is 0 Å². The minimum Gasteiger partial charge on any atom is -0.303 e. The van der Waals surface area contributed by atoms with Gasteiger partial charge in [0.05, 0.1) is 11.6 Å². The van der Waals surface area contributed by atoms with Gasteiger partial charge in [-0.3, -0.25) is 4.90 Å². The molecule has 3 heteroatoms. The van der Waals surface area contributed by atoms with Crippen LogP contribution in [0.4, 0.5) is 0 Å². The largest absolute Gasteiger partial charge is 0.303 e. The van der Waals surface area contributed by atoms with Gasteiger partial charge in [-0.25, -0.2) is 0 Å². The number of benzene rings is 1. The molecule has 2 aliphatic rings. The van der Waals surface area contributed by atoms with E-state index in [1.54, 1.807) is 0 Å². The fourth-order valence-electron chi connectivity index (χ4n) is 4.06. The first-order valence-corrected chi connectivity index (χ1v) is 8.09. The Morgan fingerprint density at radius 2 is 2.14 bits per heavy atom. The molecule has 2 unspecified atom stereocenters. The first-order valence-electron chi connectivity index (χ1n) is 8.09. The number of hydrogen-bond donors (Lipinski definition) is 0. The van der Waals surface area contributed by atoms with Gasteiger partial charge in [0.15, 0.2) is 0 Å². The number of piperidine rings is 2. The molecule has 1 aromatic carbocycles. The summed E-state index contributed by atoms with van der Waals surface area (Å²) < 4.78 is 0. The first-order chi connectivity index (χ1) is 10.2. The Morgan fingerprint density at radius 3 is 2.90 bits per heavy atom. The smallest absolute Gasteiger partial charge is 0.0991 e. The predicted molar refractivity (Wildman–Crippen MR) is 84.9 cm³/mol. The number of nitrogens with zero attached hydrogens (tertiary/aromatic N) is 3. The summed E-state index contributed by atoms with van der Waals surface area (Å²) in [4.78, 5) is 5.17. The Kier molecular flexibility index (Phi) is 4.28. The Balaban J connectivity index is 1.65. The highest BCUT2D eigenvalue weighted by Gasteiger charge is 2.34. The van der Waals surface area contributed by atoms with Crippen LogP contribution in [0.1, 0.15) is 36.0 Å². The second-order valence-corrected chi connectivity index (χ2v) is 6.73. The van der Waals surface area contributed by atoms with E-state index in [1.807, 2.05) is 12.1 Å². The molecule has 0 amide bonds. The summed E-state index contributed by atoms with van der Waals surface area (Å²) in [5.41, 5.74) is 3.39. The highest BCUT2D eigenvalue weighted by Crippen LogP contribution is 2.30. The van der Waals surface area contributed by atoms with Crippen LogP contribution in [0.25, 0.3) is 0 Å². The van der Waals surface area contributed by atoms with Gasteiger partial charge in [-0.15, -0.1) is 0 Å². The molecular weight excluding hydrogens is 258 g/mol. The van der Waals surface area contributed by atoms with Crippen molar-refractivity contribution in [3.8, 4) is 6.07 Å². The van der Waals surface area contributed by atoms with Crippen molar-refractivity contribution >= 4 is 0 Å². The van der Waals surface area contributed by atoms with Gasteiger partial charge in [-0.2, -0.15) is 5.26 Å². The van der Waals surface area contributed by atoms with E-state index in [2.05, 4.69) is 35.9 Å². The molecule has 0 aliphatic carbocycles. The van der Waals surface area contributed by atoms with Gasteiger partial charge in [0.2, 0.25) is 0 Å². The van der Waals surface area contributed by atoms with Crippen LogP contribution in [0.15, 0.2) is 18.2 Å². The zero-order valence-corrected chi connectivity index (χ0v) is 13.2. The van der Waals surface area contributed by atoms with Crippen molar-refractivity contribution in [1.82, 2.24) is 9.80 Å². The van der Waals surface area contributed by atoms with Crippen molar-refractivity contribution in [1.29, 1.82) is 5.26 Å². The topological polar surface area (TPSA) is 30.3 Å². The van der Waals surface area contributed by atoms with Gasteiger partial charge in [-0.05, 0) is 75.5 Å². The molecule has 2 atom stereocenters. The number of nitriles is 1. The SMILES string of the molecule is Cc1cc(C#N)ccc1CN1CCC2C(CCCN2C)C1. The van der Waals surface area contributed by atoms with Crippen LogP contribution in [0.2, 0.25) is 0 Å². The average Bonchev–Trinajstić information content (AvgIpc) is 2.49. The van der Waals surface area contributed by atoms with Crippen molar-refractivity contribution < 1.29 is 0 Å². The normalized spacial score (nSPS) is 27.1. The number of hydrogen-bond acceptors (Lipinski definition) is 3. The summed E-state index contributed by atoms with van der Waals surface area (Å²) in [6.45, 7) is 6.86. The zero-order valence-electron chi connectivity index (χ0n) is 13.2. The molecule has 2 heterocycles. The standard InChI is InChI=1S/C18H25N3/c1-14-10-15(11-19)5-6-16(14)12-21-9-7-18-17(13-21)4-3-8-20(18)2/h5-6,10,17-18H,3-4,7-9,12-13H2,1-2H3. The molecule has 0 N–H and O–H groups in total. The van der Waals surface area contributed by atoms with E-state index in [1.165, 1.54) is 50.0 Å². The monoisotopic (exact) mass is 283 g/mol. The zero-order chi connectivity index (χ0) is 14.8. The van der Waals surface area contributed by atoms with Crippen LogP contribution in [-0.4, -0.2) is 42.5 Å². The van der Waals surface area contributed by atoms with Crippen LogP contribution in [0.5, 0.6) is 0 Å². The molecule has 2 aliphatic heterocycles. The summed E-state index contributed by atoms with van der Waals surface area (Å²) in [6, 6.07) is 9.11. The maximum absolute atomic E-state index is 8.96. The van der Waals surface area contributed by atoms with Crippen LogP contribution >= 0.6 is 0 Å². The molecule has 21 heavy (non-hydrogen) atoms. The third-order valence-corrected chi connectivity index (χ3v) is 5.30. The summed E-state index contributed by atoms with van der Waals surface area (Å²) >= 11 is 0. The highest BCUT2D eigenvalue weighted by atomic mass is 15.2. The molecule has 112 valence electrons. The lowest BCUT2D eigenvalue weighted by Gasteiger charge is -2.46. The first kappa shape index (κ1) is 14.6. The van der Waals surface area contributed by atoms with E-state index < -0.39 is 0 Å². The minimum atomic E-state index is 0.767. The summed E-state index contributed by atoms with van der Waals surface area (Å²) in [6.07, 6.45) is 4.04. The Morgan fingerprint density at radius 1 is 1.29 bits per heavy atom. The highest BCUT2D eigenvalue weighted by molar-refractivity contribution is 5.37. The van der Waals surface area contributed by atoms with Crippen LogP contribution in [0.3, 0.4) is 0 Å². The average molecular weight is 283 g/mol. The second kappa shape index (κ2) is 6.17. The van der Waals surface area contributed by atoms with Gasteiger partial charge in [-0.1, -0.05) is 6.07 Å². The van der Waals surface area contributed by atoms with E-state index in [4.69, 9.17) is 5.26 Å². The Hall–Kier alpha value is -1.37. The van der Waals surface area contributed by atoms with Crippen LogP contribution < -0.4 is 0 Å². The lowest BCUT2D eigenvalue weighted by atomic mass is 9.84. The van der Waals surface area contributed by atoms with Crippen molar-refractivity contribution in [3.63, 3.8) is 0 Å². The van der Waals surface area contributed by atoms with E-state index in [0.29, 0.717) is 0 Å². The third-order valence-electron chi connectivity index (χ3n) is 5.30. The van der Waals surface area contributed by atoms with Gasteiger partial charge >= 0.3 is 0 Å². The van der Waals surface area contributed by atoms with Crippen molar-refractivity contribution in [2.24, 2.45) is 5.92 Å².